The SMILES string of the molecule is C/C(=N\NC(=O)C(=O)Nc1ccc(C#N)cc1)c1ccc(OC(=O)c2cccs2)cc1. The number of rotatable bonds is 5. The van der Waals surface area contributed by atoms with E-state index < -0.39 is 17.8 Å². The Morgan fingerprint density at radius 1 is 1.00 bits per heavy atom. The molecule has 0 bridgehead atoms. The maximum atomic E-state index is 12.0. The van der Waals surface area contributed by atoms with Crippen molar-refractivity contribution in [3.63, 3.8) is 0 Å². The Morgan fingerprint density at radius 3 is 2.32 bits per heavy atom. The van der Waals surface area contributed by atoms with Crippen LogP contribution in [0.4, 0.5) is 5.69 Å². The first-order valence-corrected chi connectivity index (χ1v) is 9.86. The van der Waals surface area contributed by atoms with Crippen molar-refractivity contribution in [2.45, 2.75) is 6.92 Å². The number of hydrogen-bond acceptors (Lipinski definition) is 7. The number of esters is 1. The Hall–Kier alpha value is -4.29. The highest BCUT2D eigenvalue weighted by atomic mass is 32.1. The molecule has 2 amide bonds. The molecule has 0 spiro atoms. The first kappa shape index (κ1) is 21.4. The third-order valence-electron chi connectivity index (χ3n) is 4.01. The van der Waals surface area contributed by atoms with Gasteiger partial charge in [0.2, 0.25) is 0 Å². The average molecular weight is 432 g/mol. The average Bonchev–Trinajstić information content (AvgIpc) is 3.33. The van der Waals surface area contributed by atoms with Crippen LogP contribution in [0.2, 0.25) is 0 Å². The van der Waals surface area contributed by atoms with Gasteiger partial charge >= 0.3 is 17.8 Å². The van der Waals surface area contributed by atoms with Crippen molar-refractivity contribution in [1.82, 2.24) is 5.43 Å². The summed E-state index contributed by atoms with van der Waals surface area (Å²) in [6, 6.07) is 18.1. The third-order valence-corrected chi connectivity index (χ3v) is 4.86. The van der Waals surface area contributed by atoms with Gasteiger partial charge in [-0.25, -0.2) is 10.2 Å². The fourth-order valence-electron chi connectivity index (χ4n) is 2.38. The van der Waals surface area contributed by atoms with Crippen LogP contribution in [0.25, 0.3) is 0 Å². The quantitative estimate of drug-likeness (QED) is 0.211. The summed E-state index contributed by atoms with van der Waals surface area (Å²) < 4.78 is 5.29. The second-order valence-electron chi connectivity index (χ2n) is 6.17. The number of hydrazone groups is 1. The lowest BCUT2D eigenvalue weighted by Gasteiger charge is -2.06. The van der Waals surface area contributed by atoms with Gasteiger partial charge in [0.1, 0.15) is 10.6 Å². The van der Waals surface area contributed by atoms with E-state index in [-0.39, 0.29) is 0 Å². The van der Waals surface area contributed by atoms with Gasteiger partial charge in [-0.2, -0.15) is 10.4 Å². The molecule has 0 aliphatic heterocycles. The van der Waals surface area contributed by atoms with Crippen LogP contribution in [0, 0.1) is 11.3 Å². The second kappa shape index (κ2) is 9.96. The molecule has 9 heteroatoms. The van der Waals surface area contributed by atoms with Crippen molar-refractivity contribution in [3.8, 4) is 11.8 Å². The summed E-state index contributed by atoms with van der Waals surface area (Å²) in [6.07, 6.45) is 0. The Balaban J connectivity index is 1.55. The van der Waals surface area contributed by atoms with Crippen molar-refractivity contribution < 1.29 is 19.1 Å². The summed E-state index contributed by atoms with van der Waals surface area (Å²) in [5.74, 6) is -1.89. The van der Waals surface area contributed by atoms with E-state index in [1.54, 1.807) is 48.7 Å². The monoisotopic (exact) mass is 432 g/mol. The molecule has 154 valence electrons. The van der Waals surface area contributed by atoms with Gasteiger partial charge in [-0.15, -0.1) is 11.3 Å². The minimum Gasteiger partial charge on any atom is -0.422 e. The standard InChI is InChI=1S/C22H16N4O4S/c1-14(16-6-10-18(11-7-16)30-22(29)19-3-2-12-31-19)25-26-21(28)20(27)24-17-8-4-15(13-23)5-9-17/h2-12H,1H3,(H,24,27)(H,26,28)/b25-14+. The maximum Gasteiger partial charge on any atom is 0.353 e. The lowest BCUT2D eigenvalue weighted by Crippen LogP contribution is -2.32. The fourth-order valence-corrected chi connectivity index (χ4v) is 2.98. The fraction of sp³-hybridized carbons (Fsp3) is 0.0455. The molecule has 2 N–H and O–H groups in total. The lowest BCUT2D eigenvalue weighted by atomic mass is 10.1. The highest BCUT2D eigenvalue weighted by Gasteiger charge is 2.14. The predicted octanol–water partition coefficient (Wildman–Crippen LogP) is 3.32. The van der Waals surface area contributed by atoms with E-state index in [1.165, 1.54) is 35.6 Å². The highest BCUT2D eigenvalue weighted by molar-refractivity contribution is 7.12. The van der Waals surface area contributed by atoms with Gasteiger partial charge in [-0.3, -0.25) is 9.59 Å². The largest absolute Gasteiger partial charge is 0.422 e. The van der Waals surface area contributed by atoms with Crippen molar-refractivity contribution in [3.05, 3.63) is 82.0 Å². The van der Waals surface area contributed by atoms with Crippen LogP contribution in [0.1, 0.15) is 27.7 Å². The molecule has 0 aliphatic rings. The minimum atomic E-state index is -0.940. The number of ether oxygens (including phenoxy) is 1. The molecule has 0 radical (unpaired) electrons. The van der Waals surface area contributed by atoms with E-state index in [0.717, 1.165) is 0 Å². The predicted molar refractivity (Wildman–Crippen MR) is 116 cm³/mol. The van der Waals surface area contributed by atoms with E-state index in [4.69, 9.17) is 10.00 Å². The second-order valence-corrected chi connectivity index (χ2v) is 7.12. The number of hydrogen-bond donors (Lipinski definition) is 2. The molecule has 0 atom stereocenters. The summed E-state index contributed by atoms with van der Waals surface area (Å²) in [5, 5.41) is 16.9. The number of nitriles is 1. The Morgan fingerprint density at radius 2 is 1.71 bits per heavy atom. The van der Waals surface area contributed by atoms with E-state index in [2.05, 4.69) is 15.8 Å². The summed E-state index contributed by atoms with van der Waals surface area (Å²) in [4.78, 5) is 36.4. The summed E-state index contributed by atoms with van der Waals surface area (Å²) >= 11 is 1.29. The molecule has 0 fully saturated rings. The van der Waals surface area contributed by atoms with Crippen molar-refractivity contribution >= 4 is 40.5 Å². The normalized spacial score (nSPS) is 10.6. The summed E-state index contributed by atoms with van der Waals surface area (Å²) in [7, 11) is 0. The van der Waals surface area contributed by atoms with Crippen LogP contribution < -0.4 is 15.5 Å². The number of nitrogens with one attached hydrogen (secondary N) is 2. The van der Waals surface area contributed by atoms with Crippen LogP contribution in [0.5, 0.6) is 5.75 Å². The maximum absolute atomic E-state index is 12.0. The lowest BCUT2D eigenvalue weighted by molar-refractivity contribution is -0.136. The molecular formula is C22H16N4O4S. The molecule has 0 saturated heterocycles. The van der Waals surface area contributed by atoms with Crippen molar-refractivity contribution in [2.75, 3.05) is 5.32 Å². The first-order valence-electron chi connectivity index (χ1n) is 8.98. The number of nitrogens with zero attached hydrogens (tertiary/aromatic N) is 2. The van der Waals surface area contributed by atoms with Gasteiger partial charge in [-0.1, -0.05) is 6.07 Å². The first-order chi connectivity index (χ1) is 15.0. The van der Waals surface area contributed by atoms with E-state index in [0.29, 0.717) is 33.2 Å². The molecule has 0 aliphatic carbocycles. The van der Waals surface area contributed by atoms with Crippen molar-refractivity contribution in [1.29, 1.82) is 5.26 Å². The van der Waals surface area contributed by atoms with Gasteiger partial charge in [0.15, 0.2) is 0 Å². The topological polar surface area (TPSA) is 121 Å². The van der Waals surface area contributed by atoms with Gasteiger partial charge in [0.25, 0.3) is 0 Å². The molecule has 3 rings (SSSR count). The molecule has 1 aromatic heterocycles. The van der Waals surface area contributed by atoms with Gasteiger partial charge in [0.05, 0.1) is 17.3 Å². The minimum absolute atomic E-state index is 0.376. The van der Waals surface area contributed by atoms with Gasteiger partial charge < -0.3 is 10.1 Å². The summed E-state index contributed by atoms with van der Waals surface area (Å²) in [6.45, 7) is 1.66. The molecule has 31 heavy (non-hydrogen) atoms. The molecule has 0 saturated carbocycles. The smallest absolute Gasteiger partial charge is 0.353 e. The van der Waals surface area contributed by atoms with E-state index >= 15 is 0 Å². The Labute approximate surface area is 181 Å². The zero-order valence-corrected chi connectivity index (χ0v) is 17.1. The number of amides is 2. The Kier molecular flexibility index (Phi) is 6.88. The number of carbonyl (C=O) groups is 3. The molecule has 3 aromatic rings. The number of carbonyl (C=O) groups excluding carboxylic acids is 3. The van der Waals surface area contributed by atoms with Crippen LogP contribution >= 0.6 is 11.3 Å². The van der Waals surface area contributed by atoms with E-state index in [9.17, 15) is 14.4 Å². The van der Waals surface area contributed by atoms with Crippen LogP contribution in [-0.4, -0.2) is 23.5 Å². The molecule has 2 aromatic carbocycles. The number of thiophene rings is 1. The Bertz CT molecular complexity index is 1160. The van der Waals surface area contributed by atoms with Gasteiger partial charge in [0, 0.05) is 5.69 Å². The zero-order chi connectivity index (χ0) is 22.2. The summed E-state index contributed by atoms with van der Waals surface area (Å²) in [5.41, 5.74) is 4.14. The van der Waals surface area contributed by atoms with Crippen LogP contribution in [-0.2, 0) is 9.59 Å². The highest BCUT2D eigenvalue weighted by Crippen LogP contribution is 2.17. The molecule has 1 heterocycles. The third kappa shape index (κ3) is 5.85. The van der Waals surface area contributed by atoms with Gasteiger partial charge in [-0.05, 0) is 72.5 Å². The number of benzene rings is 2. The molecule has 0 unspecified atom stereocenters. The van der Waals surface area contributed by atoms with E-state index in [1.807, 2.05) is 6.07 Å². The zero-order valence-electron chi connectivity index (χ0n) is 16.3. The van der Waals surface area contributed by atoms with Crippen LogP contribution in [0.3, 0.4) is 0 Å². The van der Waals surface area contributed by atoms with Crippen molar-refractivity contribution in [2.24, 2.45) is 5.10 Å². The van der Waals surface area contributed by atoms with Crippen LogP contribution in [0.15, 0.2) is 71.1 Å². The molecule has 8 nitrogen and oxygen atoms in total. The number of anilines is 1. The molecular weight excluding hydrogens is 416 g/mol.